The summed E-state index contributed by atoms with van der Waals surface area (Å²) in [6.45, 7) is 11.7. The van der Waals surface area contributed by atoms with E-state index in [0.717, 1.165) is 50.4 Å². The van der Waals surface area contributed by atoms with Gasteiger partial charge in [-0.25, -0.2) is 0 Å². The van der Waals surface area contributed by atoms with Crippen LogP contribution in [0.2, 0.25) is 0 Å². The van der Waals surface area contributed by atoms with E-state index in [1.54, 1.807) is 6.26 Å². The van der Waals surface area contributed by atoms with Gasteiger partial charge in [0, 0.05) is 26.7 Å². The molecular formula is C18H32N4O. The number of guanidine groups is 1. The van der Waals surface area contributed by atoms with Crippen molar-refractivity contribution in [2.75, 3.05) is 39.8 Å². The van der Waals surface area contributed by atoms with Gasteiger partial charge in [0.15, 0.2) is 5.96 Å². The van der Waals surface area contributed by atoms with Gasteiger partial charge >= 0.3 is 0 Å². The maximum absolute atomic E-state index is 5.67. The minimum Gasteiger partial charge on any atom is -0.468 e. The first-order valence-electron chi connectivity index (χ1n) is 8.92. The second-order valence-electron chi connectivity index (χ2n) is 6.37. The highest BCUT2D eigenvalue weighted by atomic mass is 16.3. The highest BCUT2D eigenvalue weighted by molar-refractivity contribution is 5.80. The Bertz CT molecular complexity index is 467. The number of hydrogen-bond donors (Lipinski definition) is 1. The molecule has 0 aliphatic carbocycles. The molecule has 2 unspecified atom stereocenters. The number of piperidine rings is 1. The van der Waals surface area contributed by atoms with E-state index in [2.05, 4.69) is 46.9 Å². The normalized spacial score (nSPS) is 20.8. The van der Waals surface area contributed by atoms with Crippen molar-refractivity contribution in [1.82, 2.24) is 15.1 Å². The monoisotopic (exact) mass is 320 g/mol. The molecule has 1 N–H and O–H groups in total. The summed E-state index contributed by atoms with van der Waals surface area (Å²) in [5.74, 6) is 2.77. The number of rotatable bonds is 6. The molecule has 130 valence electrons. The first kappa shape index (κ1) is 17.9. The molecule has 2 heterocycles. The highest BCUT2D eigenvalue weighted by Crippen LogP contribution is 2.21. The topological polar surface area (TPSA) is 44.0 Å². The van der Waals surface area contributed by atoms with Gasteiger partial charge in [-0.1, -0.05) is 20.8 Å². The average Bonchev–Trinajstić information content (AvgIpc) is 3.09. The lowest BCUT2D eigenvalue weighted by molar-refractivity contribution is 0.190. The zero-order valence-electron chi connectivity index (χ0n) is 15.1. The Labute approximate surface area is 140 Å². The molecule has 0 saturated carbocycles. The lowest BCUT2D eigenvalue weighted by atomic mass is 10.0. The summed E-state index contributed by atoms with van der Waals surface area (Å²) in [6.07, 6.45) is 4.33. The van der Waals surface area contributed by atoms with E-state index in [4.69, 9.17) is 4.42 Å². The minimum absolute atomic E-state index is 0.235. The molecule has 1 aliphatic rings. The van der Waals surface area contributed by atoms with E-state index in [1.165, 1.54) is 12.8 Å². The van der Waals surface area contributed by atoms with Crippen LogP contribution in [0.1, 0.15) is 45.4 Å². The van der Waals surface area contributed by atoms with Crippen LogP contribution in [0.5, 0.6) is 0 Å². The second-order valence-corrected chi connectivity index (χ2v) is 6.37. The Hall–Kier alpha value is -1.49. The van der Waals surface area contributed by atoms with E-state index >= 15 is 0 Å². The molecule has 5 heteroatoms. The first-order valence-corrected chi connectivity index (χ1v) is 8.92. The lowest BCUT2D eigenvalue weighted by Crippen LogP contribution is -2.48. The van der Waals surface area contributed by atoms with Crippen LogP contribution in [0.15, 0.2) is 27.8 Å². The molecule has 1 saturated heterocycles. The largest absolute Gasteiger partial charge is 0.468 e. The van der Waals surface area contributed by atoms with Gasteiger partial charge in [-0.05, 0) is 44.0 Å². The van der Waals surface area contributed by atoms with E-state index < -0.39 is 0 Å². The SMILES string of the molecule is CCN(CC)C(CNC(=NC)N1CCCC(C)C1)c1ccco1. The second kappa shape index (κ2) is 8.96. The third-order valence-corrected chi connectivity index (χ3v) is 4.75. The molecule has 1 aromatic rings. The molecule has 1 fully saturated rings. The zero-order chi connectivity index (χ0) is 16.7. The molecule has 5 nitrogen and oxygen atoms in total. The van der Waals surface area contributed by atoms with Crippen LogP contribution in [0.4, 0.5) is 0 Å². The fourth-order valence-corrected chi connectivity index (χ4v) is 3.46. The lowest BCUT2D eigenvalue weighted by Gasteiger charge is -2.35. The molecule has 23 heavy (non-hydrogen) atoms. The summed E-state index contributed by atoms with van der Waals surface area (Å²) in [5, 5.41) is 3.57. The third-order valence-electron chi connectivity index (χ3n) is 4.75. The molecule has 1 aromatic heterocycles. The molecule has 1 aliphatic heterocycles. The fourth-order valence-electron chi connectivity index (χ4n) is 3.46. The number of likely N-dealkylation sites (tertiary alicyclic amines) is 1. The fraction of sp³-hybridized carbons (Fsp3) is 0.722. The minimum atomic E-state index is 0.235. The quantitative estimate of drug-likeness (QED) is 0.646. The van der Waals surface area contributed by atoms with Crippen LogP contribution in [0.3, 0.4) is 0 Å². The number of hydrogen-bond acceptors (Lipinski definition) is 3. The smallest absolute Gasteiger partial charge is 0.193 e. The number of nitrogens with one attached hydrogen (secondary N) is 1. The van der Waals surface area contributed by atoms with Gasteiger partial charge in [-0.15, -0.1) is 0 Å². The molecule has 0 spiro atoms. The van der Waals surface area contributed by atoms with Gasteiger partial charge in [-0.2, -0.15) is 0 Å². The van der Waals surface area contributed by atoms with Crippen LogP contribution < -0.4 is 5.32 Å². The predicted octanol–water partition coefficient (Wildman–Crippen LogP) is 2.97. The number of nitrogens with zero attached hydrogens (tertiary/aromatic N) is 3. The predicted molar refractivity (Wildman–Crippen MR) is 95.7 cm³/mol. The van der Waals surface area contributed by atoms with Crippen LogP contribution in [-0.4, -0.2) is 55.5 Å². The number of furan rings is 1. The Morgan fingerprint density at radius 2 is 2.26 bits per heavy atom. The van der Waals surface area contributed by atoms with Crippen molar-refractivity contribution in [3.8, 4) is 0 Å². The Balaban J connectivity index is 2.01. The molecule has 2 atom stereocenters. The third kappa shape index (κ3) is 4.74. The maximum atomic E-state index is 5.67. The van der Waals surface area contributed by atoms with Gasteiger partial charge in [0.25, 0.3) is 0 Å². The van der Waals surface area contributed by atoms with Crippen molar-refractivity contribution < 1.29 is 4.42 Å². The Kier molecular flexibility index (Phi) is 6.96. The van der Waals surface area contributed by atoms with Crippen LogP contribution >= 0.6 is 0 Å². The molecular weight excluding hydrogens is 288 g/mol. The van der Waals surface area contributed by atoms with Crippen LogP contribution in [0, 0.1) is 5.92 Å². The number of aliphatic imine (C=N–C) groups is 1. The van der Waals surface area contributed by atoms with E-state index in [0.29, 0.717) is 0 Å². The Morgan fingerprint density at radius 1 is 1.48 bits per heavy atom. The maximum Gasteiger partial charge on any atom is 0.193 e. The summed E-state index contributed by atoms with van der Waals surface area (Å²) >= 11 is 0. The van der Waals surface area contributed by atoms with E-state index in [-0.39, 0.29) is 6.04 Å². The molecule has 0 bridgehead atoms. The van der Waals surface area contributed by atoms with Gasteiger partial charge < -0.3 is 14.6 Å². The van der Waals surface area contributed by atoms with Gasteiger partial charge in [0.1, 0.15) is 5.76 Å². The van der Waals surface area contributed by atoms with Gasteiger partial charge in [-0.3, -0.25) is 9.89 Å². The summed E-state index contributed by atoms with van der Waals surface area (Å²) in [5.41, 5.74) is 0. The zero-order valence-corrected chi connectivity index (χ0v) is 15.1. The standard InChI is InChI=1S/C18H32N4O/c1-5-21(6-2)16(17-10-8-12-23-17)13-20-18(19-4)22-11-7-9-15(3)14-22/h8,10,12,15-16H,5-7,9,11,13-14H2,1-4H3,(H,19,20). The summed E-state index contributed by atoms with van der Waals surface area (Å²) in [6, 6.07) is 4.27. The van der Waals surface area contributed by atoms with Crippen LogP contribution in [-0.2, 0) is 0 Å². The summed E-state index contributed by atoms with van der Waals surface area (Å²) in [7, 11) is 1.88. The first-order chi connectivity index (χ1) is 11.2. The van der Waals surface area contributed by atoms with Crippen molar-refractivity contribution in [3.63, 3.8) is 0 Å². The van der Waals surface area contributed by atoms with Crippen LogP contribution in [0.25, 0.3) is 0 Å². The van der Waals surface area contributed by atoms with E-state index in [1.807, 2.05) is 13.1 Å². The van der Waals surface area contributed by atoms with Crippen molar-refractivity contribution in [3.05, 3.63) is 24.2 Å². The van der Waals surface area contributed by atoms with Crippen molar-refractivity contribution in [2.45, 2.75) is 39.7 Å². The van der Waals surface area contributed by atoms with E-state index in [9.17, 15) is 0 Å². The van der Waals surface area contributed by atoms with Gasteiger partial charge in [0.2, 0.25) is 0 Å². The molecule has 0 aromatic carbocycles. The molecule has 2 rings (SSSR count). The molecule has 0 amide bonds. The van der Waals surface area contributed by atoms with Crippen molar-refractivity contribution in [2.24, 2.45) is 10.9 Å². The average molecular weight is 320 g/mol. The summed E-state index contributed by atoms with van der Waals surface area (Å²) in [4.78, 5) is 9.29. The van der Waals surface area contributed by atoms with Gasteiger partial charge in [0.05, 0.1) is 12.3 Å². The van der Waals surface area contributed by atoms with Crippen molar-refractivity contribution in [1.29, 1.82) is 0 Å². The Morgan fingerprint density at radius 3 is 2.83 bits per heavy atom. The van der Waals surface area contributed by atoms with Crippen molar-refractivity contribution >= 4 is 5.96 Å². The molecule has 0 radical (unpaired) electrons. The number of likely N-dealkylation sites (N-methyl/N-ethyl adjacent to an activating group) is 1. The highest BCUT2D eigenvalue weighted by Gasteiger charge is 2.23. The summed E-state index contributed by atoms with van der Waals surface area (Å²) < 4.78 is 5.67.